The number of hydrogen-bond donors (Lipinski definition) is 0. The summed E-state index contributed by atoms with van der Waals surface area (Å²) in [6.45, 7) is 8.70. The molecular weight excluding hydrogens is 240 g/mol. The maximum atomic E-state index is 11.2. The summed E-state index contributed by atoms with van der Waals surface area (Å²) in [5, 5.41) is 0. The molecule has 0 N–H and O–H groups in total. The van der Waals surface area contributed by atoms with Crippen molar-refractivity contribution in [1.29, 1.82) is 0 Å². The summed E-state index contributed by atoms with van der Waals surface area (Å²) in [5.74, 6) is 0.766. The third kappa shape index (κ3) is 5.60. The third-order valence-electron chi connectivity index (χ3n) is 3.42. The highest BCUT2D eigenvalue weighted by molar-refractivity contribution is 5.67. The quantitative estimate of drug-likeness (QED) is 0.288. The molecule has 1 aliphatic heterocycles. The smallest absolute Gasteiger partial charge is 0.307 e. The molecule has 3 heteroatoms. The fourth-order valence-electron chi connectivity index (χ4n) is 2.34. The van der Waals surface area contributed by atoms with Crippen molar-refractivity contribution in [1.82, 2.24) is 0 Å². The van der Waals surface area contributed by atoms with E-state index in [1.807, 2.05) is 6.08 Å². The molecule has 0 bridgehead atoms. The number of carbonyl (C=O) groups is 1. The highest BCUT2D eigenvalue weighted by atomic mass is 16.5. The molecule has 0 amide bonds. The first kappa shape index (κ1) is 16.0. The van der Waals surface area contributed by atoms with E-state index in [0.717, 1.165) is 24.2 Å². The van der Waals surface area contributed by atoms with E-state index < -0.39 is 0 Å². The van der Waals surface area contributed by atoms with E-state index in [0.29, 0.717) is 13.2 Å². The molecule has 1 saturated heterocycles. The molecule has 19 heavy (non-hydrogen) atoms. The number of unbranched alkanes of at least 4 members (excludes halogenated alkanes) is 4. The Bertz CT molecular complexity index is 331. The maximum Gasteiger partial charge on any atom is 0.307 e. The number of allylic oxidation sites excluding steroid dienone is 1. The predicted octanol–water partition coefficient (Wildman–Crippen LogP) is 4.00. The van der Waals surface area contributed by atoms with Crippen LogP contribution in [0.4, 0.5) is 0 Å². The summed E-state index contributed by atoms with van der Waals surface area (Å²) in [7, 11) is 0. The van der Waals surface area contributed by atoms with Gasteiger partial charge in [0.15, 0.2) is 0 Å². The largest absolute Gasteiger partial charge is 0.431 e. The van der Waals surface area contributed by atoms with Crippen LogP contribution in [0.3, 0.4) is 0 Å². The average Bonchev–Trinajstić information content (AvgIpc) is 2.84. The minimum absolute atomic E-state index is 0.199. The van der Waals surface area contributed by atoms with E-state index in [2.05, 4.69) is 13.5 Å². The number of rotatable bonds is 8. The second-order valence-electron chi connectivity index (χ2n) is 5.06. The SMILES string of the molecule is C=CC1COC/C1=C(\CCCCCCC)OC(C)=O. The van der Waals surface area contributed by atoms with Crippen LogP contribution in [0.25, 0.3) is 0 Å². The molecule has 0 aromatic carbocycles. The first-order chi connectivity index (χ1) is 9.19. The Hall–Kier alpha value is -1.09. The van der Waals surface area contributed by atoms with Gasteiger partial charge in [-0.2, -0.15) is 0 Å². The normalized spacial score (nSPS) is 21.3. The van der Waals surface area contributed by atoms with Crippen LogP contribution in [0.15, 0.2) is 24.0 Å². The minimum Gasteiger partial charge on any atom is -0.431 e. The van der Waals surface area contributed by atoms with Crippen molar-refractivity contribution in [2.45, 2.75) is 52.4 Å². The van der Waals surface area contributed by atoms with Gasteiger partial charge in [0.1, 0.15) is 5.76 Å². The van der Waals surface area contributed by atoms with Gasteiger partial charge in [0.05, 0.1) is 13.2 Å². The summed E-state index contributed by atoms with van der Waals surface area (Å²) >= 11 is 0. The van der Waals surface area contributed by atoms with Gasteiger partial charge in [-0.3, -0.25) is 4.79 Å². The minimum atomic E-state index is -0.245. The Morgan fingerprint density at radius 3 is 2.79 bits per heavy atom. The van der Waals surface area contributed by atoms with Crippen molar-refractivity contribution in [2.75, 3.05) is 13.2 Å². The van der Waals surface area contributed by atoms with E-state index in [-0.39, 0.29) is 11.9 Å². The van der Waals surface area contributed by atoms with Gasteiger partial charge in [-0.25, -0.2) is 0 Å². The van der Waals surface area contributed by atoms with Gasteiger partial charge in [-0.15, -0.1) is 6.58 Å². The fourth-order valence-corrected chi connectivity index (χ4v) is 2.34. The van der Waals surface area contributed by atoms with Crippen LogP contribution in [-0.4, -0.2) is 19.2 Å². The van der Waals surface area contributed by atoms with Gasteiger partial charge in [0.2, 0.25) is 0 Å². The summed E-state index contributed by atoms with van der Waals surface area (Å²) in [6, 6.07) is 0. The zero-order valence-corrected chi connectivity index (χ0v) is 12.2. The molecule has 1 rings (SSSR count). The van der Waals surface area contributed by atoms with Gasteiger partial charge >= 0.3 is 5.97 Å². The molecular formula is C16H26O3. The molecule has 0 spiro atoms. The van der Waals surface area contributed by atoms with Crippen molar-refractivity contribution in [2.24, 2.45) is 5.92 Å². The fraction of sp³-hybridized carbons (Fsp3) is 0.688. The maximum absolute atomic E-state index is 11.2. The molecule has 1 aliphatic rings. The van der Waals surface area contributed by atoms with Gasteiger partial charge in [-0.1, -0.05) is 38.7 Å². The Kier molecular flexibility index (Phi) is 7.49. The first-order valence-corrected chi connectivity index (χ1v) is 7.29. The predicted molar refractivity (Wildman–Crippen MR) is 76.7 cm³/mol. The summed E-state index contributed by atoms with van der Waals surface area (Å²) in [4.78, 5) is 11.2. The Balaban J connectivity index is 2.58. The molecule has 108 valence electrons. The lowest BCUT2D eigenvalue weighted by molar-refractivity contribution is -0.137. The van der Waals surface area contributed by atoms with Crippen molar-refractivity contribution >= 4 is 5.97 Å². The van der Waals surface area contributed by atoms with Crippen LogP contribution in [0.1, 0.15) is 52.4 Å². The molecule has 3 nitrogen and oxygen atoms in total. The average molecular weight is 266 g/mol. The molecule has 1 unspecified atom stereocenters. The molecule has 1 fully saturated rings. The Morgan fingerprint density at radius 2 is 2.16 bits per heavy atom. The monoisotopic (exact) mass is 266 g/mol. The molecule has 0 aliphatic carbocycles. The zero-order valence-electron chi connectivity index (χ0n) is 12.2. The van der Waals surface area contributed by atoms with Crippen molar-refractivity contribution in [3.05, 3.63) is 24.0 Å². The van der Waals surface area contributed by atoms with Gasteiger partial charge < -0.3 is 9.47 Å². The van der Waals surface area contributed by atoms with Crippen LogP contribution in [-0.2, 0) is 14.3 Å². The second kappa shape index (κ2) is 8.92. The number of esters is 1. The van der Waals surface area contributed by atoms with E-state index in [1.165, 1.54) is 32.6 Å². The first-order valence-electron chi connectivity index (χ1n) is 7.29. The topological polar surface area (TPSA) is 35.5 Å². The van der Waals surface area contributed by atoms with Crippen molar-refractivity contribution < 1.29 is 14.3 Å². The van der Waals surface area contributed by atoms with Crippen molar-refractivity contribution in [3.63, 3.8) is 0 Å². The number of carbonyl (C=O) groups excluding carboxylic acids is 1. The zero-order chi connectivity index (χ0) is 14.1. The molecule has 1 atom stereocenters. The second-order valence-corrected chi connectivity index (χ2v) is 5.06. The van der Waals surface area contributed by atoms with E-state index >= 15 is 0 Å². The van der Waals surface area contributed by atoms with Crippen LogP contribution in [0, 0.1) is 5.92 Å². The van der Waals surface area contributed by atoms with Crippen LogP contribution < -0.4 is 0 Å². The number of hydrogen-bond acceptors (Lipinski definition) is 3. The van der Waals surface area contributed by atoms with Crippen LogP contribution in [0.5, 0.6) is 0 Å². The molecule has 0 radical (unpaired) electrons. The Labute approximate surface area is 116 Å². The summed E-state index contributed by atoms with van der Waals surface area (Å²) in [6.07, 6.45) is 8.72. The molecule has 0 aromatic heterocycles. The van der Waals surface area contributed by atoms with E-state index in [9.17, 15) is 4.79 Å². The lowest BCUT2D eigenvalue weighted by Crippen LogP contribution is -2.07. The van der Waals surface area contributed by atoms with E-state index in [4.69, 9.17) is 9.47 Å². The van der Waals surface area contributed by atoms with Gasteiger partial charge in [0.25, 0.3) is 0 Å². The highest BCUT2D eigenvalue weighted by Gasteiger charge is 2.24. The van der Waals surface area contributed by atoms with Gasteiger partial charge in [0, 0.05) is 24.8 Å². The van der Waals surface area contributed by atoms with Crippen LogP contribution >= 0.6 is 0 Å². The Morgan fingerprint density at radius 1 is 1.42 bits per heavy atom. The number of ether oxygens (including phenoxy) is 2. The third-order valence-corrected chi connectivity index (χ3v) is 3.42. The standard InChI is InChI=1S/C16H26O3/c1-4-6-7-8-9-10-16(19-13(3)17)15-12-18-11-14(15)5-2/h5,14H,2,4,6-12H2,1,3H3/b16-15-. The summed E-state index contributed by atoms with van der Waals surface area (Å²) in [5.41, 5.74) is 1.10. The molecule has 1 heterocycles. The molecule has 0 saturated carbocycles. The van der Waals surface area contributed by atoms with Gasteiger partial charge in [-0.05, 0) is 6.42 Å². The van der Waals surface area contributed by atoms with Crippen molar-refractivity contribution in [3.8, 4) is 0 Å². The summed E-state index contributed by atoms with van der Waals surface area (Å²) < 4.78 is 10.8. The molecule has 0 aromatic rings. The lowest BCUT2D eigenvalue weighted by atomic mass is 9.99. The van der Waals surface area contributed by atoms with Crippen LogP contribution in [0.2, 0.25) is 0 Å². The van der Waals surface area contributed by atoms with E-state index in [1.54, 1.807) is 0 Å². The highest BCUT2D eigenvalue weighted by Crippen LogP contribution is 2.27. The lowest BCUT2D eigenvalue weighted by Gasteiger charge is -2.13.